The Labute approximate surface area is 177 Å². The van der Waals surface area contributed by atoms with Gasteiger partial charge in [-0.2, -0.15) is 0 Å². The Hall–Kier alpha value is 4.31. The first-order chi connectivity index (χ1) is 6.00. The Balaban J connectivity index is -0.0000000206. The van der Waals surface area contributed by atoms with Gasteiger partial charge in [-0.1, -0.05) is 0 Å². The number of hydrogen-bond acceptors (Lipinski definition) is 12. The second-order valence-electron chi connectivity index (χ2n) is 1.50. The summed E-state index contributed by atoms with van der Waals surface area (Å²) in [5.41, 5.74) is 0. The first-order valence-corrected chi connectivity index (χ1v) is 10.1. The minimum absolute atomic E-state index is 0. The van der Waals surface area contributed by atoms with Crippen molar-refractivity contribution in [3.63, 3.8) is 0 Å². The van der Waals surface area contributed by atoms with Gasteiger partial charge in [0.2, 0.25) is 0 Å². The van der Waals surface area contributed by atoms with Gasteiger partial charge in [-0.25, -0.2) is 0 Å². The average molecular weight is 1080 g/mol. The van der Waals surface area contributed by atoms with E-state index in [9.17, 15) is 0 Å². The second-order valence-corrected chi connectivity index (χ2v) is 6.18. The number of rotatable bonds is 0. The summed E-state index contributed by atoms with van der Waals surface area (Å²) in [6.07, 6.45) is 0. The quantitative estimate of drug-likeness (QED) is 0.205. The van der Waals surface area contributed by atoms with Crippen LogP contribution in [-0.4, -0.2) is 0 Å². The maximum atomic E-state index is 8.62. The molecule has 0 aromatic rings. The molecule has 0 radical (unpaired) electrons. The van der Waals surface area contributed by atoms with Gasteiger partial charge in [-0.3, -0.25) is 0 Å². The molecule has 0 bridgehead atoms. The van der Waals surface area contributed by atoms with Gasteiger partial charge < -0.3 is 0 Å². The summed E-state index contributed by atoms with van der Waals surface area (Å²) in [4.78, 5) is 0. The van der Waals surface area contributed by atoms with Crippen LogP contribution in [0.4, 0.5) is 0 Å². The third-order valence-corrected chi connectivity index (χ3v) is 0. The van der Waals surface area contributed by atoms with Gasteiger partial charge >= 0.3 is 180 Å². The molecule has 0 aliphatic carbocycles. The van der Waals surface area contributed by atoms with Crippen molar-refractivity contribution in [2.75, 3.05) is 0 Å². The van der Waals surface area contributed by atoms with E-state index in [-0.39, 0.29) is 81.7 Å². The van der Waals surface area contributed by atoms with Gasteiger partial charge in [-0.15, -0.1) is 0 Å². The molecular formula is O12Re4Ti3. The van der Waals surface area contributed by atoms with Crippen LogP contribution in [0.15, 0.2) is 0 Å². The molecule has 0 aromatic heterocycles. The summed E-state index contributed by atoms with van der Waals surface area (Å²) in [6.45, 7) is 0. The smallest absolute Gasteiger partial charge is 3.00 e. The van der Waals surface area contributed by atoms with Crippen LogP contribution < -0.4 is 44.3 Å². The monoisotopic (exact) mass is 1080 g/mol. The molecule has 0 spiro atoms. The molecule has 0 saturated carbocycles. The normalized spacial score (nSPS) is 9.47. The van der Waals surface area contributed by atoms with E-state index in [1.807, 2.05) is 0 Å². The van der Waals surface area contributed by atoms with Crippen LogP contribution in [0.25, 0.3) is 0 Å². The molecule has 0 fully saturated rings. The van der Waals surface area contributed by atoms with Crippen LogP contribution in [0.5, 0.6) is 0 Å². The van der Waals surface area contributed by atoms with Crippen molar-refractivity contribution in [2.45, 2.75) is 0 Å². The third kappa shape index (κ3) is 495. The zero-order valence-electron chi connectivity index (χ0n) is 7.91. The first kappa shape index (κ1) is 43.6. The van der Waals surface area contributed by atoms with E-state index >= 15 is 0 Å². The molecule has 0 N–H and O–H groups in total. The SMILES string of the molecule is [O-][Ti]([O-])([O-])[O-].[O-][Ti]([O-])([O-])[O-].[O-][Ti]([O-])([O-])[O-].[Re+3].[Re+3].[Re+3].[Re+3]. The zero-order chi connectivity index (χ0) is 13.5. The fraction of sp³-hybridized carbons (Fsp3) is 0. The van der Waals surface area contributed by atoms with Gasteiger partial charge in [-0.05, 0) is 0 Å². The average Bonchev–Trinajstić information content (AvgIpc) is 1.41. The van der Waals surface area contributed by atoms with Crippen LogP contribution in [-0.2, 0) is 136 Å². The summed E-state index contributed by atoms with van der Waals surface area (Å²) < 4.78 is 104. The molecule has 0 aromatic carbocycles. The van der Waals surface area contributed by atoms with E-state index in [4.69, 9.17) is 44.3 Å². The van der Waals surface area contributed by atoms with Gasteiger partial charge in [0, 0.05) is 0 Å². The minimum atomic E-state index is -6.00. The molecule has 0 atom stereocenters. The van der Waals surface area contributed by atoms with Gasteiger partial charge in [0.1, 0.15) is 0 Å². The van der Waals surface area contributed by atoms with Crippen LogP contribution in [0.1, 0.15) is 0 Å². The topological polar surface area (TPSA) is 277 Å². The Kier molecular flexibility index (Phi) is 46.7. The van der Waals surface area contributed by atoms with Gasteiger partial charge in [0.05, 0.1) is 0 Å². The molecule has 12 nitrogen and oxygen atoms in total. The van der Waals surface area contributed by atoms with E-state index < -0.39 is 54.4 Å². The molecule has 0 saturated heterocycles. The fourth-order valence-electron chi connectivity index (χ4n) is 0. The Morgan fingerprint density at radius 2 is 0.263 bits per heavy atom. The number of hydrogen-bond donors (Lipinski definition) is 0. The predicted octanol–water partition coefficient (Wildman–Crippen LogP) is -14.3. The van der Waals surface area contributed by atoms with E-state index in [0.29, 0.717) is 0 Å². The molecule has 0 unspecified atom stereocenters. The molecule has 0 amide bonds. The molecule has 0 aliphatic rings. The first-order valence-electron chi connectivity index (χ1n) is 2.45. The van der Waals surface area contributed by atoms with Gasteiger partial charge in [0.15, 0.2) is 0 Å². The van der Waals surface area contributed by atoms with Gasteiger partial charge in [0.25, 0.3) is 0 Å². The summed E-state index contributed by atoms with van der Waals surface area (Å²) in [5.74, 6) is 0. The van der Waals surface area contributed by atoms with Crippen LogP contribution >= 0.6 is 0 Å². The van der Waals surface area contributed by atoms with Crippen molar-refractivity contribution in [2.24, 2.45) is 0 Å². The molecule has 0 heterocycles. The van der Waals surface area contributed by atoms with Crippen LogP contribution in [0, 0.1) is 0 Å². The standard InChI is InChI=1S/12O.4Re.3Ti/q12*-1;4*+3;;;. The van der Waals surface area contributed by atoms with Crippen molar-refractivity contribution in [3.8, 4) is 0 Å². The van der Waals surface area contributed by atoms with Crippen LogP contribution in [0.3, 0.4) is 0 Å². The Bertz CT molecular complexity index is 100.0. The third-order valence-electron chi connectivity index (χ3n) is 0. The molecule has 19 heteroatoms. The predicted molar refractivity (Wildman–Crippen MR) is 0 cm³/mol. The summed E-state index contributed by atoms with van der Waals surface area (Å²) in [7, 11) is 0. The molecule has 112 valence electrons. The summed E-state index contributed by atoms with van der Waals surface area (Å²) in [5, 5.41) is 0. The minimum Gasteiger partial charge on any atom is 3.00 e. The van der Waals surface area contributed by atoms with Crippen molar-refractivity contribution < 1.29 is 180 Å². The van der Waals surface area contributed by atoms with Crippen molar-refractivity contribution in [3.05, 3.63) is 0 Å². The van der Waals surface area contributed by atoms with E-state index in [2.05, 4.69) is 0 Å². The maximum Gasteiger partial charge on any atom is 3.00 e. The fourth-order valence-corrected chi connectivity index (χ4v) is 0. The summed E-state index contributed by atoms with van der Waals surface area (Å²) >= 11 is -18.0. The van der Waals surface area contributed by atoms with E-state index in [0.717, 1.165) is 0 Å². The molecule has 0 aliphatic heterocycles. The Morgan fingerprint density at radius 3 is 0.263 bits per heavy atom. The molecule has 19 heavy (non-hydrogen) atoms. The van der Waals surface area contributed by atoms with Crippen molar-refractivity contribution in [1.82, 2.24) is 0 Å². The second kappa shape index (κ2) is 20.4. The zero-order valence-corrected chi connectivity index (χ0v) is 23.5. The molecular weight excluding hydrogens is 1080 g/mol. The summed E-state index contributed by atoms with van der Waals surface area (Å²) in [6, 6.07) is 0. The van der Waals surface area contributed by atoms with E-state index in [1.165, 1.54) is 0 Å². The largest absolute Gasteiger partial charge is 3.00 e. The van der Waals surface area contributed by atoms with Crippen molar-refractivity contribution in [1.29, 1.82) is 0 Å². The Morgan fingerprint density at radius 1 is 0.263 bits per heavy atom. The van der Waals surface area contributed by atoms with Crippen LogP contribution in [0.2, 0.25) is 0 Å². The van der Waals surface area contributed by atoms with E-state index in [1.54, 1.807) is 0 Å². The maximum absolute atomic E-state index is 8.62. The molecule has 0 rings (SSSR count). The van der Waals surface area contributed by atoms with Crippen molar-refractivity contribution >= 4 is 0 Å².